The minimum Gasteiger partial charge on any atom is -0.376 e. The van der Waals surface area contributed by atoms with Gasteiger partial charge in [0.15, 0.2) is 0 Å². The summed E-state index contributed by atoms with van der Waals surface area (Å²) in [4.78, 5) is 0. The molecule has 1 heterocycles. The molecule has 0 amide bonds. The lowest BCUT2D eigenvalue weighted by Crippen LogP contribution is -2.46. The Morgan fingerprint density at radius 3 is 1.98 bits per heavy atom. The Bertz CT molecular complexity index is 2430. The molecule has 0 bridgehead atoms. The molecule has 0 saturated carbocycles. The number of hydrogen-bond acceptors (Lipinski definition) is 2. The van der Waals surface area contributed by atoms with Crippen LogP contribution in [0.25, 0.3) is 31.3 Å². The van der Waals surface area contributed by atoms with Crippen LogP contribution in [0, 0.1) is 5.92 Å². The number of allylic oxidation sites excluding steroid dienone is 4. The second kappa shape index (κ2) is 9.89. The van der Waals surface area contributed by atoms with E-state index >= 15 is 0 Å². The van der Waals surface area contributed by atoms with Crippen LogP contribution < -0.4 is 0 Å². The average molecular weight is 641 g/mol. The molecule has 1 nitrogen and oxygen atoms in total. The quantitative estimate of drug-likeness (QED) is 0.199. The van der Waals surface area contributed by atoms with Crippen molar-refractivity contribution in [3.8, 4) is 11.1 Å². The van der Waals surface area contributed by atoms with Crippen molar-refractivity contribution in [2.24, 2.45) is 5.92 Å². The lowest BCUT2D eigenvalue weighted by atomic mass is 9.54. The number of hydrogen-bond donors (Lipinski definition) is 1. The minimum absolute atomic E-state index is 0.178. The van der Waals surface area contributed by atoms with E-state index in [4.69, 9.17) is 11.6 Å². The summed E-state index contributed by atoms with van der Waals surface area (Å²) in [6, 6.07) is 47.3. The van der Waals surface area contributed by atoms with Crippen molar-refractivity contribution in [3.63, 3.8) is 0 Å². The van der Waals surface area contributed by atoms with Crippen LogP contribution in [0.5, 0.6) is 0 Å². The Hall–Kier alpha value is -4.73. The van der Waals surface area contributed by atoms with Gasteiger partial charge >= 0.3 is 0 Å². The largest absolute Gasteiger partial charge is 0.376 e. The smallest absolute Gasteiger partial charge is 0.141 e. The summed E-state index contributed by atoms with van der Waals surface area (Å²) in [6.45, 7) is 0. The molecule has 3 heteroatoms. The normalized spacial score (nSPS) is 23.5. The summed E-state index contributed by atoms with van der Waals surface area (Å²) in [5.41, 5.74) is 7.76. The SMILES string of the molecule is OC1(c2ccc(Cl)cc2-c2ccc3c(c2)sc2ccccc23)c2ccccc2C2(c3ccccc3C3C=CC=CC32)c2ccccc21. The van der Waals surface area contributed by atoms with Crippen LogP contribution in [0.15, 0.2) is 158 Å². The molecular weight excluding hydrogens is 612 g/mol. The van der Waals surface area contributed by atoms with Gasteiger partial charge in [-0.15, -0.1) is 11.3 Å². The van der Waals surface area contributed by atoms with E-state index in [1.807, 2.05) is 18.2 Å². The fraction of sp³-hybridized carbons (Fsp3) is 0.0909. The van der Waals surface area contributed by atoms with E-state index in [2.05, 4.69) is 140 Å². The zero-order valence-corrected chi connectivity index (χ0v) is 27.0. The van der Waals surface area contributed by atoms with Crippen LogP contribution in [-0.2, 0) is 11.0 Å². The molecule has 0 fully saturated rings. The zero-order chi connectivity index (χ0) is 31.3. The first-order valence-corrected chi connectivity index (χ1v) is 17.4. The molecule has 7 aromatic rings. The average Bonchev–Trinajstić information content (AvgIpc) is 3.64. The third-order valence-electron chi connectivity index (χ3n) is 10.9. The highest BCUT2D eigenvalue weighted by molar-refractivity contribution is 7.25. The van der Waals surface area contributed by atoms with E-state index < -0.39 is 11.0 Å². The maximum Gasteiger partial charge on any atom is 0.141 e. The predicted octanol–water partition coefficient (Wildman–Crippen LogP) is 11.1. The van der Waals surface area contributed by atoms with Crippen LogP contribution in [-0.4, -0.2) is 5.11 Å². The second-order valence-electron chi connectivity index (χ2n) is 13.0. The van der Waals surface area contributed by atoms with Gasteiger partial charge in [-0.1, -0.05) is 145 Å². The summed E-state index contributed by atoms with van der Waals surface area (Å²) < 4.78 is 2.49. The number of rotatable bonds is 2. The third kappa shape index (κ3) is 3.53. The molecule has 2 unspecified atom stereocenters. The predicted molar refractivity (Wildman–Crippen MR) is 196 cm³/mol. The topological polar surface area (TPSA) is 20.2 Å². The van der Waals surface area contributed by atoms with Gasteiger partial charge < -0.3 is 5.11 Å². The molecule has 0 saturated heterocycles. The molecular formula is C44H29ClOS. The van der Waals surface area contributed by atoms with Gasteiger partial charge in [0.05, 0.1) is 5.41 Å². The molecule has 6 aromatic carbocycles. The van der Waals surface area contributed by atoms with Crippen molar-refractivity contribution in [2.45, 2.75) is 16.9 Å². The van der Waals surface area contributed by atoms with Crippen LogP contribution in [0.4, 0.5) is 0 Å². The third-order valence-corrected chi connectivity index (χ3v) is 12.3. The molecule has 1 N–H and O–H groups in total. The van der Waals surface area contributed by atoms with Gasteiger partial charge in [-0.05, 0) is 68.8 Å². The molecule has 2 atom stereocenters. The van der Waals surface area contributed by atoms with E-state index in [0.29, 0.717) is 5.02 Å². The first kappa shape index (κ1) is 27.4. The summed E-state index contributed by atoms with van der Waals surface area (Å²) in [5.74, 6) is 0.430. The summed E-state index contributed by atoms with van der Waals surface area (Å²) in [7, 11) is 0. The van der Waals surface area contributed by atoms with Crippen molar-refractivity contribution in [2.75, 3.05) is 0 Å². The van der Waals surface area contributed by atoms with Gasteiger partial charge in [0.1, 0.15) is 5.60 Å². The number of fused-ring (bicyclic) bond motifs is 12. The highest BCUT2D eigenvalue weighted by Gasteiger charge is 2.59. The van der Waals surface area contributed by atoms with Crippen molar-refractivity contribution in [3.05, 3.63) is 202 Å². The molecule has 224 valence electrons. The lowest BCUT2D eigenvalue weighted by Gasteiger charge is -2.49. The molecule has 0 radical (unpaired) electrons. The van der Waals surface area contributed by atoms with Crippen LogP contribution in [0.2, 0.25) is 5.02 Å². The van der Waals surface area contributed by atoms with Gasteiger partial charge in [-0.2, -0.15) is 0 Å². The van der Waals surface area contributed by atoms with Gasteiger partial charge in [-0.25, -0.2) is 0 Å². The highest BCUT2D eigenvalue weighted by Crippen LogP contribution is 2.65. The number of aliphatic hydroxyl groups is 1. The fourth-order valence-corrected chi connectivity index (χ4v) is 10.4. The molecule has 3 aliphatic carbocycles. The first-order valence-electron chi connectivity index (χ1n) is 16.2. The maximum absolute atomic E-state index is 13.6. The fourth-order valence-electron chi connectivity index (χ4n) is 9.12. The number of thiophene rings is 1. The highest BCUT2D eigenvalue weighted by atomic mass is 35.5. The maximum atomic E-state index is 13.6. The number of halogens is 1. The Morgan fingerprint density at radius 1 is 0.553 bits per heavy atom. The molecule has 47 heavy (non-hydrogen) atoms. The zero-order valence-electron chi connectivity index (χ0n) is 25.4. The monoisotopic (exact) mass is 640 g/mol. The van der Waals surface area contributed by atoms with Crippen LogP contribution >= 0.6 is 22.9 Å². The molecule has 10 rings (SSSR count). The Balaban J connectivity index is 1.27. The van der Waals surface area contributed by atoms with Crippen LogP contribution in [0.3, 0.4) is 0 Å². The summed E-state index contributed by atoms with van der Waals surface area (Å²) >= 11 is 8.57. The lowest BCUT2D eigenvalue weighted by molar-refractivity contribution is 0.116. The number of benzene rings is 6. The summed E-state index contributed by atoms with van der Waals surface area (Å²) in [6.07, 6.45) is 9.12. The Labute approximate surface area is 282 Å². The minimum atomic E-state index is -1.42. The summed E-state index contributed by atoms with van der Waals surface area (Å²) in [5, 5.41) is 16.8. The van der Waals surface area contributed by atoms with Gasteiger partial charge in [-0.3, -0.25) is 0 Å². The van der Waals surface area contributed by atoms with Crippen molar-refractivity contribution < 1.29 is 5.11 Å². The molecule has 3 aliphatic rings. The Morgan fingerprint density at radius 2 is 1.19 bits per heavy atom. The second-order valence-corrected chi connectivity index (χ2v) is 14.5. The van der Waals surface area contributed by atoms with E-state index in [9.17, 15) is 5.11 Å². The van der Waals surface area contributed by atoms with Crippen molar-refractivity contribution in [1.82, 2.24) is 0 Å². The Kier molecular flexibility index (Phi) is 5.76. The van der Waals surface area contributed by atoms with Crippen LogP contribution in [0.1, 0.15) is 44.9 Å². The van der Waals surface area contributed by atoms with E-state index in [1.54, 1.807) is 11.3 Å². The first-order chi connectivity index (χ1) is 23.1. The van der Waals surface area contributed by atoms with Gasteiger partial charge in [0.2, 0.25) is 0 Å². The van der Waals surface area contributed by atoms with Crippen molar-refractivity contribution >= 4 is 43.1 Å². The van der Waals surface area contributed by atoms with Crippen molar-refractivity contribution in [1.29, 1.82) is 0 Å². The van der Waals surface area contributed by atoms with Gasteiger partial charge in [0.25, 0.3) is 0 Å². The molecule has 0 aliphatic heterocycles. The molecule has 1 spiro atoms. The van der Waals surface area contributed by atoms with Gasteiger partial charge in [0, 0.05) is 42.6 Å². The van der Waals surface area contributed by atoms with E-state index in [1.165, 1.54) is 31.3 Å². The standard InChI is InChI=1S/C44H29ClOS/c45-28-22-24-36(33(26-28)27-21-23-32-31-13-3-10-20-41(31)47-42(32)25-27)44(46)39-18-8-6-16-37(39)43(38-17-7-9-19-40(38)44)34-14-4-1-11-29(34)30-12-2-5-15-35(30)43/h1-26,29,34,46H. The molecule has 1 aromatic heterocycles. The van der Waals surface area contributed by atoms with E-state index in [0.717, 1.165) is 38.9 Å². The van der Waals surface area contributed by atoms with E-state index in [-0.39, 0.29) is 11.8 Å².